The van der Waals surface area contributed by atoms with E-state index < -0.39 is 71.3 Å². The molecule has 10 N–H and O–H groups in total. The fourth-order valence-electron chi connectivity index (χ4n) is 6.47. The van der Waals surface area contributed by atoms with Crippen molar-refractivity contribution in [2.24, 2.45) is 11.1 Å². The molecular formula is C41H56N6O10S. The Labute approximate surface area is 343 Å². The number of benzene rings is 2. The predicted octanol–water partition coefficient (Wildman–Crippen LogP) is 0.831. The second-order valence-corrected chi connectivity index (χ2v) is 15.7. The van der Waals surface area contributed by atoms with E-state index in [0.29, 0.717) is 36.2 Å². The van der Waals surface area contributed by atoms with Crippen molar-refractivity contribution in [2.45, 2.75) is 109 Å². The smallest absolute Gasteiger partial charge is 0.326 e. The number of carboxylic acid groups (broad SMARTS) is 1. The second kappa shape index (κ2) is 22.0. The van der Waals surface area contributed by atoms with Gasteiger partial charge in [-0.2, -0.15) is 12.6 Å². The van der Waals surface area contributed by atoms with Crippen LogP contribution in [-0.4, -0.2) is 105 Å². The van der Waals surface area contributed by atoms with Crippen molar-refractivity contribution in [2.75, 3.05) is 12.3 Å². The SMILES string of the molecule is CC(NCCCC[C@H](NC(=O)[C@@H](NC(=O)[C@@H](N)CS)[C@@H](C)O)C(=O)N[C@@H](Cc1ccc(O)cc1)C(=O)N[C@@H](Cc1ccccc1)C(=O)O)=C1C(=O)CC(C)(C)CC1=O. The molecule has 1 aliphatic rings. The third-order valence-electron chi connectivity index (χ3n) is 9.66. The van der Waals surface area contributed by atoms with Gasteiger partial charge in [-0.05, 0) is 61.8 Å². The number of nitrogens with two attached hydrogens (primary N) is 1. The van der Waals surface area contributed by atoms with Crippen molar-refractivity contribution in [1.29, 1.82) is 0 Å². The van der Waals surface area contributed by atoms with Crippen molar-refractivity contribution in [1.82, 2.24) is 26.6 Å². The molecule has 1 saturated carbocycles. The molecule has 1 aliphatic carbocycles. The van der Waals surface area contributed by atoms with Gasteiger partial charge in [0.25, 0.3) is 0 Å². The van der Waals surface area contributed by atoms with Gasteiger partial charge < -0.3 is 47.6 Å². The van der Waals surface area contributed by atoms with Crippen molar-refractivity contribution in [3.05, 3.63) is 77.0 Å². The number of carboxylic acids is 1. The zero-order chi connectivity index (χ0) is 43.2. The summed E-state index contributed by atoms with van der Waals surface area (Å²) in [6, 6.07) is 7.83. The number of carbonyl (C=O) groups is 7. The number of allylic oxidation sites excluding steroid dienone is 2. The summed E-state index contributed by atoms with van der Waals surface area (Å²) in [6.07, 6.45) is -0.403. The number of amides is 4. The Hall–Kier alpha value is -5.26. The number of carbonyl (C=O) groups excluding carboxylic acids is 6. The van der Waals surface area contributed by atoms with Crippen molar-refractivity contribution >= 4 is 53.8 Å². The number of aliphatic hydroxyl groups is 1. The van der Waals surface area contributed by atoms with Crippen molar-refractivity contribution in [3.63, 3.8) is 0 Å². The van der Waals surface area contributed by atoms with Gasteiger partial charge in [-0.1, -0.05) is 56.3 Å². The van der Waals surface area contributed by atoms with Gasteiger partial charge in [-0.25, -0.2) is 4.79 Å². The van der Waals surface area contributed by atoms with Crippen LogP contribution in [0.5, 0.6) is 5.75 Å². The first-order valence-electron chi connectivity index (χ1n) is 19.1. The van der Waals surface area contributed by atoms with Gasteiger partial charge in [0.15, 0.2) is 11.6 Å². The van der Waals surface area contributed by atoms with E-state index in [-0.39, 0.29) is 60.7 Å². The van der Waals surface area contributed by atoms with Crippen molar-refractivity contribution < 1.29 is 48.9 Å². The number of unbranched alkanes of at least 4 members (excludes halogenated alkanes) is 1. The summed E-state index contributed by atoms with van der Waals surface area (Å²) >= 11 is 4.00. The fourth-order valence-corrected chi connectivity index (χ4v) is 6.64. The average Bonchev–Trinajstić information content (AvgIpc) is 3.15. The first kappa shape index (κ1) is 47.1. The van der Waals surface area contributed by atoms with E-state index in [9.17, 15) is 48.9 Å². The van der Waals surface area contributed by atoms with Crippen LogP contribution in [0.15, 0.2) is 65.9 Å². The van der Waals surface area contributed by atoms with Crippen LogP contribution in [-0.2, 0) is 46.4 Å². The molecule has 0 heterocycles. The van der Waals surface area contributed by atoms with Crippen LogP contribution in [0, 0.1) is 5.41 Å². The molecule has 4 amide bonds. The number of nitrogens with one attached hydrogen (secondary N) is 5. The highest BCUT2D eigenvalue weighted by Crippen LogP contribution is 2.34. The standard InChI is InChI=1S/C41H56N6O10S/c1-23(34-32(50)20-41(3,4)21-33(34)51)43-17-9-8-12-29(44-39(55)35(24(2)48)47-36(52)28(42)22-58)37(53)45-30(18-26-13-15-27(49)16-14-26)38(54)46-31(40(56)57)19-25-10-6-5-7-11-25/h5-7,10-11,13-16,24,28-31,35,43,48-49,58H,8-9,12,17-22,42H2,1-4H3,(H,44,55)(H,45,53)(H,46,54)(H,47,52)(H,56,57)/t24-,28+,29+,30+,31+,35+/m1/s1. The van der Waals surface area contributed by atoms with Crippen LogP contribution < -0.4 is 32.3 Å². The van der Waals surface area contributed by atoms with E-state index in [1.54, 1.807) is 37.3 Å². The number of phenols is 1. The first-order valence-corrected chi connectivity index (χ1v) is 19.8. The highest BCUT2D eigenvalue weighted by molar-refractivity contribution is 7.80. The highest BCUT2D eigenvalue weighted by atomic mass is 32.1. The molecule has 16 nitrogen and oxygen atoms in total. The predicted molar refractivity (Wildman–Crippen MR) is 218 cm³/mol. The summed E-state index contributed by atoms with van der Waals surface area (Å²) in [4.78, 5) is 91.8. The van der Waals surface area contributed by atoms with Gasteiger partial charge in [0, 0.05) is 43.7 Å². The quantitative estimate of drug-likeness (QED) is 0.0363. The summed E-state index contributed by atoms with van der Waals surface area (Å²) < 4.78 is 0. The maximum Gasteiger partial charge on any atom is 0.326 e. The minimum absolute atomic E-state index is 0.00312. The Bertz CT molecular complexity index is 1800. The van der Waals surface area contributed by atoms with Crippen LogP contribution in [0.2, 0.25) is 0 Å². The second-order valence-electron chi connectivity index (χ2n) is 15.4. The number of phenolic OH excluding ortho intramolecular Hbond substituents is 1. The number of rotatable bonds is 21. The minimum atomic E-state index is -1.52. The van der Waals surface area contributed by atoms with Crippen LogP contribution in [0.4, 0.5) is 0 Å². The fraction of sp³-hybridized carbons (Fsp3) is 0.488. The maximum atomic E-state index is 14.1. The van der Waals surface area contributed by atoms with Crippen LogP contribution in [0.25, 0.3) is 0 Å². The first-order chi connectivity index (χ1) is 27.3. The van der Waals surface area contributed by atoms with E-state index in [4.69, 9.17) is 5.73 Å². The number of aliphatic hydroxyl groups excluding tert-OH is 1. The molecule has 58 heavy (non-hydrogen) atoms. The van der Waals surface area contributed by atoms with Gasteiger partial charge >= 0.3 is 5.97 Å². The molecule has 0 radical (unpaired) electrons. The molecule has 3 rings (SSSR count). The van der Waals surface area contributed by atoms with Gasteiger partial charge in [0.1, 0.15) is 29.9 Å². The molecule has 0 bridgehead atoms. The molecule has 2 aromatic carbocycles. The molecule has 17 heteroatoms. The monoisotopic (exact) mass is 824 g/mol. The summed E-state index contributed by atoms with van der Waals surface area (Å²) in [5.74, 6) is -5.19. The van der Waals surface area contributed by atoms with Crippen LogP contribution in [0.3, 0.4) is 0 Å². The molecule has 6 atom stereocenters. The zero-order valence-electron chi connectivity index (χ0n) is 33.2. The molecule has 0 spiro atoms. The summed E-state index contributed by atoms with van der Waals surface area (Å²) in [7, 11) is 0. The van der Waals surface area contributed by atoms with Gasteiger partial charge in [-0.3, -0.25) is 28.8 Å². The average molecular weight is 825 g/mol. The molecular weight excluding hydrogens is 769 g/mol. The number of aliphatic carboxylic acids is 1. The Kier molecular flexibility index (Phi) is 17.9. The lowest BCUT2D eigenvalue weighted by atomic mass is 9.73. The summed E-state index contributed by atoms with van der Waals surface area (Å²) in [5, 5.41) is 43.4. The number of ketones is 2. The largest absolute Gasteiger partial charge is 0.508 e. The van der Waals surface area contributed by atoms with E-state index in [2.05, 4.69) is 39.2 Å². The lowest BCUT2D eigenvalue weighted by Crippen LogP contribution is -2.60. The third kappa shape index (κ3) is 14.6. The van der Waals surface area contributed by atoms with Gasteiger partial charge in [-0.15, -0.1) is 0 Å². The summed E-state index contributed by atoms with van der Waals surface area (Å²) in [6.45, 7) is 6.95. The van der Waals surface area contributed by atoms with E-state index in [1.165, 1.54) is 31.2 Å². The molecule has 0 aromatic heterocycles. The number of Topliss-reactive ketones (excluding diaryl/α,β-unsaturated/α-hetero) is 2. The lowest BCUT2D eigenvalue weighted by molar-refractivity contribution is -0.142. The van der Waals surface area contributed by atoms with Gasteiger partial charge in [0.2, 0.25) is 23.6 Å². The van der Waals surface area contributed by atoms with Crippen LogP contribution in [0.1, 0.15) is 70.9 Å². The molecule has 1 fully saturated rings. The molecule has 0 unspecified atom stereocenters. The van der Waals surface area contributed by atoms with Gasteiger partial charge in [0.05, 0.1) is 17.7 Å². The Morgan fingerprint density at radius 2 is 1.31 bits per heavy atom. The van der Waals surface area contributed by atoms with Crippen LogP contribution >= 0.6 is 12.6 Å². The van der Waals surface area contributed by atoms with E-state index in [1.807, 2.05) is 13.8 Å². The van der Waals surface area contributed by atoms with E-state index in [0.717, 1.165) is 0 Å². The number of thiol groups is 1. The summed E-state index contributed by atoms with van der Waals surface area (Å²) in [5.41, 5.74) is 7.08. The lowest BCUT2D eigenvalue weighted by Gasteiger charge is -2.29. The topological polar surface area (TPSA) is 266 Å². The number of hydrogen-bond donors (Lipinski definition) is 10. The Morgan fingerprint density at radius 1 is 0.776 bits per heavy atom. The number of aromatic hydroxyl groups is 1. The third-order valence-corrected chi connectivity index (χ3v) is 10.0. The molecule has 0 saturated heterocycles. The normalized spacial score (nSPS) is 16.8. The molecule has 2 aromatic rings. The molecule has 316 valence electrons. The highest BCUT2D eigenvalue weighted by Gasteiger charge is 2.37. The molecule has 0 aliphatic heterocycles. The maximum absolute atomic E-state index is 14.1. The van der Waals surface area contributed by atoms with Crippen molar-refractivity contribution in [3.8, 4) is 5.75 Å². The Balaban J connectivity index is 1.85. The number of hydrogen-bond acceptors (Lipinski definition) is 12. The van der Waals surface area contributed by atoms with E-state index >= 15 is 0 Å². The Morgan fingerprint density at radius 3 is 1.88 bits per heavy atom. The minimum Gasteiger partial charge on any atom is -0.508 e. The zero-order valence-corrected chi connectivity index (χ0v) is 34.1.